The first-order valence-electron chi connectivity index (χ1n) is 6.34. The Bertz CT molecular complexity index is 698. The fraction of sp³-hybridized carbons (Fsp3) is 0.125. The molecule has 0 bridgehead atoms. The van der Waals surface area contributed by atoms with Crippen LogP contribution in [0.2, 0.25) is 0 Å². The van der Waals surface area contributed by atoms with Gasteiger partial charge in [0.15, 0.2) is 0 Å². The van der Waals surface area contributed by atoms with Gasteiger partial charge in [-0.2, -0.15) is 4.39 Å². The normalized spacial score (nSPS) is 19.8. The maximum Gasteiger partial charge on any atom is 0.390 e. The second-order valence-electron chi connectivity index (χ2n) is 4.59. The van der Waals surface area contributed by atoms with Crippen LogP contribution in [0.5, 0.6) is 0 Å². The van der Waals surface area contributed by atoms with Gasteiger partial charge in [-0.05, 0) is 11.6 Å². The lowest BCUT2D eigenvalue weighted by molar-refractivity contribution is -0.188. The van der Waals surface area contributed by atoms with Gasteiger partial charge < -0.3 is 9.47 Å². The summed E-state index contributed by atoms with van der Waals surface area (Å²) in [7, 11) is 0. The van der Waals surface area contributed by atoms with Gasteiger partial charge in [-0.1, -0.05) is 48.5 Å². The van der Waals surface area contributed by atoms with E-state index in [1.165, 1.54) is 18.2 Å². The van der Waals surface area contributed by atoms with E-state index in [2.05, 4.69) is 4.74 Å². The third-order valence-electron chi connectivity index (χ3n) is 3.20. The van der Waals surface area contributed by atoms with Crippen molar-refractivity contribution in [3.63, 3.8) is 0 Å². The standard InChI is InChI=1S/C16H11FO4/c17-16(13-9-5-4-8-12(13)14(18)21-16)15(19)20-10-11-6-2-1-3-7-11/h1-9H,10H2. The van der Waals surface area contributed by atoms with E-state index in [9.17, 15) is 14.0 Å². The van der Waals surface area contributed by atoms with Crippen molar-refractivity contribution in [1.82, 2.24) is 0 Å². The van der Waals surface area contributed by atoms with E-state index in [0.29, 0.717) is 5.56 Å². The molecule has 4 nitrogen and oxygen atoms in total. The number of benzene rings is 2. The number of halogens is 1. The van der Waals surface area contributed by atoms with Crippen LogP contribution >= 0.6 is 0 Å². The van der Waals surface area contributed by atoms with Gasteiger partial charge >= 0.3 is 17.8 Å². The minimum Gasteiger partial charge on any atom is -0.455 e. The van der Waals surface area contributed by atoms with Crippen molar-refractivity contribution in [2.24, 2.45) is 0 Å². The van der Waals surface area contributed by atoms with E-state index in [-0.39, 0.29) is 17.7 Å². The third kappa shape index (κ3) is 2.27. The molecule has 3 rings (SSSR count). The Kier molecular flexibility index (Phi) is 3.17. The van der Waals surface area contributed by atoms with Gasteiger partial charge in [-0.3, -0.25) is 0 Å². The molecular formula is C16H11FO4. The lowest BCUT2D eigenvalue weighted by Crippen LogP contribution is -2.33. The Balaban J connectivity index is 1.80. The highest BCUT2D eigenvalue weighted by Crippen LogP contribution is 2.38. The maximum atomic E-state index is 14.7. The van der Waals surface area contributed by atoms with Crippen molar-refractivity contribution in [1.29, 1.82) is 0 Å². The van der Waals surface area contributed by atoms with Crippen LogP contribution in [0, 0.1) is 0 Å². The maximum absolute atomic E-state index is 14.7. The number of hydrogen-bond donors (Lipinski definition) is 0. The molecule has 0 N–H and O–H groups in total. The molecule has 0 saturated heterocycles. The van der Waals surface area contributed by atoms with Gasteiger partial charge in [-0.15, -0.1) is 0 Å². The first kappa shape index (κ1) is 13.3. The average Bonchev–Trinajstić information content (AvgIpc) is 2.79. The zero-order chi connectivity index (χ0) is 14.9. The molecule has 5 heteroatoms. The predicted octanol–water partition coefficient (Wildman–Crippen LogP) is 2.72. The minimum absolute atomic E-state index is 0.0386. The number of carbonyl (C=O) groups is 2. The Labute approximate surface area is 120 Å². The van der Waals surface area contributed by atoms with Crippen molar-refractivity contribution in [2.75, 3.05) is 0 Å². The smallest absolute Gasteiger partial charge is 0.390 e. The van der Waals surface area contributed by atoms with Crippen LogP contribution in [0.15, 0.2) is 54.6 Å². The van der Waals surface area contributed by atoms with Crippen molar-refractivity contribution in [3.8, 4) is 0 Å². The Morgan fingerprint density at radius 1 is 1.10 bits per heavy atom. The third-order valence-corrected chi connectivity index (χ3v) is 3.20. The lowest BCUT2D eigenvalue weighted by Gasteiger charge is -2.17. The van der Waals surface area contributed by atoms with Crippen molar-refractivity contribution < 1.29 is 23.5 Å². The first-order chi connectivity index (χ1) is 10.1. The minimum atomic E-state index is -2.87. The molecule has 1 unspecified atom stereocenters. The monoisotopic (exact) mass is 286 g/mol. The fourth-order valence-corrected chi connectivity index (χ4v) is 2.15. The zero-order valence-electron chi connectivity index (χ0n) is 10.9. The summed E-state index contributed by atoms with van der Waals surface area (Å²) in [6.45, 7) is -0.0922. The number of esters is 2. The van der Waals surface area contributed by atoms with Crippen molar-refractivity contribution in [3.05, 3.63) is 71.3 Å². The largest absolute Gasteiger partial charge is 0.455 e. The second kappa shape index (κ2) is 5.01. The van der Waals surface area contributed by atoms with Gasteiger partial charge in [0.1, 0.15) is 6.61 Å². The molecule has 0 aromatic heterocycles. The van der Waals surface area contributed by atoms with E-state index in [1.54, 1.807) is 30.3 Å². The number of rotatable bonds is 3. The molecule has 106 valence electrons. The number of ether oxygens (including phenoxy) is 2. The van der Waals surface area contributed by atoms with E-state index in [4.69, 9.17) is 4.74 Å². The van der Waals surface area contributed by atoms with E-state index < -0.39 is 17.8 Å². The summed E-state index contributed by atoms with van der Waals surface area (Å²) >= 11 is 0. The number of alkyl halides is 1. The van der Waals surface area contributed by atoms with Gasteiger partial charge in [0, 0.05) is 0 Å². The zero-order valence-corrected chi connectivity index (χ0v) is 10.9. The molecule has 0 radical (unpaired) electrons. The summed E-state index contributed by atoms with van der Waals surface area (Å²) in [6, 6.07) is 14.7. The van der Waals surface area contributed by atoms with Gasteiger partial charge in [0.05, 0.1) is 11.1 Å². The molecule has 0 aliphatic carbocycles. The SMILES string of the molecule is O=C1OC(F)(C(=O)OCc2ccccc2)c2ccccc21. The summed E-state index contributed by atoms with van der Waals surface area (Å²) in [6.07, 6.45) is 0. The molecule has 0 fully saturated rings. The second-order valence-corrected chi connectivity index (χ2v) is 4.59. The summed E-state index contributed by atoms with van der Waals surface area (Å²) in [5.41, 5.74) is 0.636. The number of cyclic esters (lactones) is 1. The first-order valence-corrected chi connectivity index (χ1v) is 6.34. The topological polar surface area (TPSA) is 52.6 Å². The van der Waals surface area contributed by atoms with E-state index in [1.807, 2.05) is 6.07 Å². The molecule has 2 aromatic carbocycles. The molecule has 2 aromatic rings. The van der Waals surface area contributed by atoms with Crippen molar-refractivity contribution in [2.45, 2.75) is 12.5 Å². The molecule has 1 atom stereocenters. The van der Waals surface area contributed by atoms with Crippen LogP contribution in [-0.2, 0) is 26.7 Å². The van der Waals surface area contributed by atoms with Crippen LogP contribution in [0.1, 0.15) is 21.5 Å². The quantitative estimate of drug-likeness (QED) is 0.814. The number of carbonyl (C=O) groups excluding carboxylic acids is 2. The highest BCUT2D eigenvalue weighted by atomic mass is 19.2. The molecule has 0 spiro atoms. The van der Waals surface area contributed by atoms with Gasteiger partial charge in [0.25, 0.3) is 0 Å². The molecule has 0 amide bonds. The summed E-state index contributed by atoms with van der Waals surface area (Å²) in [5, 5.41) is 0. The van der Waals surface area contributed by atoms with Gasteiger partial charge in [0.2, 0.25) is 0 Å². The molecule has 0 saturated carbocycles. The molecule has 1 heterocycles. The Morgan fingerprint density at radius 2 is 1.76 bits per heavy atom. The van der Waals surface area contributed by atoms with Crippen LogP contribution in [0.25, 0.3) is 0 Å². The highest BCUT2D eigenvalue weighted by molar-refractivity contribution is 5.99. The van der Waals surface area contributed by atoms with Crippen LogP contribution in [0.4, 0.5) is 4.39 Å². The molecule has 1 aliphatic rings. The summed E-state index contributed by atoms with van der Waals surface area (Å²) in [4.78, 5) is 23.6. The average molecular weight is 286 g/mol. The summed E-state index contributed by atoms with van der Waals surface area (Å²) in [5.74, 6) is -4.97. The number of hydrogen-bond acceptors (Lipinski definition) is 4. The van der Waals surface area contributed by atoms with Crippen molar-refractivity contribution >= 4 is 11.9 Å². The van der Waals surface area contributed by atoms with Gasteiger partial charge in [-0.25, -0.2) is 9.59 Å². The fourth-order valence-electron chi connectivity index (χ4n) is 2.15. The van der Waals surface area contributed by atoms with Crippen LogP contribution in [-0.4, -0.2) is 11.9 Å². The van der Waals surface area contributed by atoms with Crippen LogP contribution < -0.4 is 0 Å². The Hall–Kier alpha value is -2.69. The summed E-state index contributed by atoms with van der Waals surface area (Å²) < 4.78 is 24.3. The predicted molar refractivity (Wildman–Crippen MR) is 70.9 cm³/mol. The van der Waals surface area contributed by atoms with Crippen LogP contribution in [0.3, 0.4) is 0 Å². The molecular weight excluding hydrogens is 275 g/mol. The van der Waals surface area contributed by atoms with E-state index >= 15 is 0 Å². The molecule has 1 aliphatic heterocycles. The van der Waals surface area contributed by atoms with E-state index in [0.717, 1.165) is 0 Å². The Morgan fingerprint density at radius 3 is 2.52 bits per heavy atom. The highest BCUT2D eigenvalue weighted by Gasteiger charge is 2.54. The lowest BCUT2D eigenvalue weighted by atomic mass is 10.0. The number of fused-ring (bicyclic) bond motifs is 1. The molecule has 21 heavy (non-hydrogen) atoms.